The van der Waals surface area contributed by atoms with E-state index in [0.29, 0.717) is 25.3 Å². The predicted octanol–water partition coefficient (Wildman–Crippen LogP) is 3.99. The maximum atomic E-state index is 13.6. The Hall–Kier alpha value is -2.40. The molecule has 4 nitrogen and oxygen atoms in total. The second-order valence-electron chi connectivity index (χ2n) is 6.99. The van der Waals surface area contributed by atoms with Gasteiger partial charge in [0.1, 0.15) is 11.6 Å². The Balaban J connectivity index is 1.55. The number of benzene rings is 2. The van der Waals surface area contributed by atoms with Crippen molar-refractivity contribution in [3.05, 3.63) is 65.0 Å². The van der Waals surface area contributed by atoms with Crippen LogP contribution in [0.15, 0.2) is 42.5 Å². The van der Waals surface area contributed by atoms with Gasteiger partial charge in [-0.15, -0.1) is 0 Å². The lowest BCUT2D eigenvalue weighted by molar-refractivity contribution is -0.122. The van der Waals surface area contributed by atoms with Gasteiger partial charge in [0.25, 0.3) is 0 Å². The topological polar surface area (TPSA) is 41.6 Å². The van der Waals surface area contributed by atoms with Crippen molar-refractivity contribution in [1.82, 2.24) is 10.2 Å². The zero-order valence-electron chi connectivity index (χ0n) is 16.0. The summed E-state index contributed by atoms with van der Waals surface area (Å²) >= 11 is 0. The van der Waals surface area contributed by atoms with E-state index in [4.69, 9.17) is 4.74 Å². The molecule has 3 rings (SSSR count). The molecule has 1 heterocycles. The summed E-state index contributed by atoms with van der Waals surface area (Å²) in [6.45, 7) is 5.95. The maximum Gasteiger partial charge on any atom is 0.234 e. The van der Waals surface area contributed by atoms with Gasteiger partial charge in [0.2, 0.25) is 5.91 Å². The minimum Gasteiger partial charge on any atom is -0.494 e. The summed E-state index contributed by atoms with van der Waals surface area (Å²) in [5, 5.41) is 2.90. The molecule has 1 N–H and O–H groups in total. The molecule has 2 aromatic carbocycles. The first kappa shape index (κ1) is 19.4. The first-order valence-electron chi connectivity index (χ1n) is 9.55. The Labute approximate surface area is 160 Å². The Morgan fingerprint density at radius 2 is 2.04 bits per heavy atom. The number of hydrogen-bond acceptors (Lipinski definition) is 3. The molecular weight excluding hydrogens is 343 g/mol. The van der Waals surface area contributed by atoms with Gasteiger partial charge in [-0.05, 0) is 68.1 Å². The summed E-state index contributed by atoms with van der Waals surface area (Å²) in [6, 6.07) is 13.5. The molecule has 2 aromatic rings. The zero-order chi connectivity index (χ0) is 19.2. The van der Waals surface area contributed by atoms with Crippen molar-refractivity contribution in [2.75, 3.05) is 19.7 Å². The van der Waals surface area contributed by atoms with E-state index < -0.39 is 0 Å². The third-order valence-electron chi connectivity index (χ3n) is 5.01. The number of amides is 1. The van der Waals surface area contributed by atoms with E-state index in [1.807, 2.05) is 25.1 Å². The van der Waals surface area contributed by atoms with E-state index in [1.165, 1.54) is 11.6 Å². The van der Waals surface area contributed by atoms with Gasteiger partial charge in [0, 0.05) is 12.6 Å². The molecule has 5 heteroatoms. The molecule has 1 unspecified atom stereocenters. The number of nitrogens with one attached hydrogen (secondary N) is 1. The van der Waals surface area contributed by atoms with Crippen molar-refractivity contribution in [1.29, 1.82) is 0 Å². The highest BCUT2D eigenvalue weighted by Crippen LogP contribution is 2.32. The second kappa shape index (κ2) is 9.00. The van der Waals surface area contributed by atoms with E-state index in [2.05, 4.69) is 22.3 Å². The first-order valence-corrected chi connectivity index (χ1v) is 9.55. The minimum absolute atomic E-state index is 0.0335. The van der Waals surface area contributed by atoms with Crippen molar-refractivity contribution in [3.8, 4) is 5.75 Å². The van der Waals surface area contributed by atoms with Crippen LogP contribution in [0, 0.1) is 12.7 Å². The molecule has 1 amide bonds. The number of hydrogen-bond donors (Lipinski definition) is 1. The van der Waals surface area contributed by atoms with Gasteiger partial charge in [-0.3, -0.25) is 9.69 Å². The lowest BCUT2D eigenvalue weighted by Crippen LogP contribution is -2.36. The van der Waals surface area contributed by atoms with Crippen molar-refractivity contribution >= 4 is 5.91 Å². The fourth-order valence-corrected chi connectivity index (χ4v) is 3.53. The highest BCUT2D eigenvalue weighted by atomic mass is 19.1. The van der Waals surface area contributed by atoms with E-state index in [-0.39, 0.29) is 17.8 Å². The van der Waals surface area contributed by atoms with Crippen LogP contribution in [0.25, 0.3) is 0 Å². The van der Waals surface area contributed by atoms with Crippen molar-refractivity contribution in [2.24, 2.45) is 0 Å². The van der Waals surface area contributed by atoms with Crippen LogP contribution in [0.5, 0.6) is 5.75 Å². The molecule has 0 saturated carbocycles. The molecule has 0 spiro atoms. The average Bonchev–Trinajstić information content (AvgIpc) is 3.11. The van der Waals surface area contributed by atoms with Gasteiger partial charge in [-0.2, -0.15) is 0 Å². The van der Waals surface area contributed by atoms with E-state index in [0.717, 1.165) is 30.7 Å². The fourth-order valence-electron chi connectivity index (χ4n) is 3.53. The quantitative estimate of drug-likeness (QED) is 0.801. The summed E-state index contributed by atoms with van der Waals surface area (Å²) in [4.78, 5) is 14.6. The molecule has 1 fully saturated rings. The zero-order valence-corrected chi connectivity index (χ0v) is 16.0. The highest BCUT2D eigenvalue weighted by molar-refractivity contribution is 5.78. The number of rotatable bonds is 7. The molecule has 144 valence electrons. The molecule has 1 aliphatic rings. The van der Waals surface area contributed by atoms with E-state index in [9.17, 15) is 9.18 Å². The molecule has 0 bridgehead atoms. The number of nitrogens with zero attached hydrogens (tertiary/aromatic N) is 1. The van der Waals surface area contributed by atoms with Crippen LogP contribution in [0.4, 0.5) is 4.39 Å². The normalized spacial score (nSPS) is 17.1. The van der Waals surface area contributed by atoms with E-state index in [1.54, 1.807) is 13.0 Å². The summed E-state index contributed by atoms with van der Waals surface area (Å²) in [6.07, 6.45) is 2.12. The molecule has 1 saturated heterocycles. The van der Waals surface area contributed by atoms with Crippen LogP contribution in [0.2, 0.25) is 0 Å². The molecule has 27 heavy (non-hydrogen) atoms. The molecule has 1 atom stereocenters. The van der Waals surface area contributed by atoms with Gasteiger partial charge in [-0.25, -0.2) is 4.39 Å². The van der Waals surface area contributed by atoms with Crippen molar-refractivity contribution < 1.29 is 13.9 Å². The Morgan fingerprint density at radius 1 is 1.26 bits per heavy atom. The van der Waals surface area contributed by atoms with Gasteiger partial charge < -0.3 is 10.1 Å². The van der Waals surface area contributed by atoms with Gasteiger partial charge in [-0.1, -0.05) is 24.3 Å². The number of carbonyl (C=O) groups excluding carboxylic acids is 1. The molecule has 0 aliphatic carbocycles. The smallest absolute Gasteiger partial charge is 0.234 e. The summed E-state index contributed by atoms with van der Waals surface area (Å²) < 4.78 is 19.1. The lowest BCUT2D eigenvalue weighted by Gasteiger charge is -2.24. The van der Waals surface area contributed by atoms with Crippen LogP contribution >= 0.6 is 0 Å². The third kappa shape index (κ3) is 5.07. The van der Waals surface area contributed by atoms with Gasteiger partial charge in [0.15, 0.2) is 0 Å². The van der Waals surface area contributed by atoms with E-state index >= 15 is 0 Å². The molecular formula is C22H27FN2O2. The van der Waals surface area contributed by atoms with Crippen LogP contribution in [-0.2, 0) is 11.3 Å². The Kier molecular flexibility index (Phi) is 6.45. The van der Waals surface area contributed by atoms with Crippen LogP contribution < -0.4 is 10.1 Å². The monoisotopic (exact) mass is 370 g/mol. The average molecular weight is 370 g/mol. The number of likely N-dealkylation sites (tertiary alicyclic amines) is 1. The second-order valence-corrected chi connectivity index (χ2v) is 6.99. The standard InChI is InChI=1S/C22H27FN2O2/c1-3-27-19-10-8-18(9-11-19)21-5-4-12-25(21)15-22(26)24-14-17-7-6-16(2)20(23)13-17/h6-11,13,21H,3-5,12,14-15H2,1-2H3,(H,24,26). The van der Waals surface area contributed by atoms with Gasteiger partial charge in [0.05, 0.1) is 13.2 Å². The number of halogens is 1. The van der Waals surface area contributed by atoms with Gasteiger partial charge >= 0.3 is 0 Å². The predicted molar refractivity (Wildman–Crippen MR) is 104 cm³/mol. The summed E-state index contributed by atoms with van der Waals surface area (Å²) in [5.74, 6) is 0.597. The van der Waals surface area contributed by atoms with Crippen molar-refractivity contribution in [3.63, 3.8) is 0 Å². The van der Waals surface area contributed by atoms with Crippen LogP contribution in [-0.4, -0.2) is 30.5 Å². The number of carbonyl (C=O) groups is 1. The molecule has 1 aliphatic heterocycles. The Morgan fingerprint density at radius 3 is 2.74 bits per heavy atom. The summed E-state index contributed by atoms with van der Waals surface area (Å²) in [7, 11) is 0. The fraction of sp³-hybridized carbons (Fsp3) is 0.409. The minimum atomic E-state index is -0.239. The summed E-state index contributed by atoms with van der Waals surface area (Å²) in [5.41, 5.74) is 2.60. The van der Waals surface area contributed by atoms with Crippen LogP contribution in [0.1, 0.15) is 42.5 Å². The number of ether oxygens (including phenoxy) is 1. The maximum absolute atomic E-state index is 13.6. The largest absolute Gasteiger partial charge is 0.494 e. The first-order chi connectivity index (χ1) is 13.1. The number of aryl methyl sites for hydroxylation is 1. The SMILES string of the molecule is CCOc1ccc(C2CCCN2CC(=O)NCc2ccc(C)c(F)c2)cc1. The molecule has 0 aromatic heterocycles. The molecule has 0 radical (unpaired) electrons. The van der Waals surface area contributed by atoms with Crippen molar-refractivity contribution in [2.45, 2.75) is 39.3 Å². The van der Waals surface area contributed by atoms with Crippen LogP contribution in [0.3, 0.4) is 0 Å². The third-order valence-corrected chi connectivity index (χ3v) is 5.01. The highest BCUT2D eigenvalue weighted by Gasteiger charge is 2.27. The lowest BCUT2D eigenvalue weighted by atomic mass is 10.0. The Bertz CT molecular complexity index is 776.